The van der Waals surface area contributed by atoms with Crippen molar-refractivity contribution in [3.8, 4) is 11.3 Å². The molecule has 1 N–H and O–H groups in total. The number of hydrogen-bond donors (Lipinski definition) is 1. The second-order valence-electron chi connectivity index (χ2n) is 9.69. The molecule has 0 atom stereocenters. The number of nitrogens with one attached hydrogen (secondary N) is 1. The average Bonchev–Trinajstić information content (AvgIpc) is 3.31. The van der Waals surface area contributed by atoms with Crippen LogP contribution in [0.1, 0.15) is 26.3 Å². The van der Waals surface area contributed by atoms with E-state index < -0.39 is 58.9 Å². The van der Waals surface area contributed by atoms with Crippen LogP contribution in [-0.2, 0) is 10.2 Å². The maximum absolute atomic E-state index is 14.1. The van der Waals surface area contributed by atoms with Gasteiger partial charge in [0.05, 0.1) is 5.69 Å². The summed E-state index contributed by atoms with van der Waals surface area (Å²) in [6.45, 7) is 5.54. The summed E-state index contributed by atoms with van der Waals surface area (Å²) in [5.41, 5.74) is 0.603. The number of carbonyl (C=O) groups excluding carboxylic acids is 1. The van der Waals surface area contributed by atoms with Crippen molar-refractivity contribution >= 4 is 22.4 Å². The van der Waals surface area contributed by atoms with Crippen LogP contribution in [0.2, 0.25) is 0 Å². The Balaban J connectivity index is 2.41. The minimum absolute atomic E-state index is 0.121. The Kier molecular flexibility index (Phi) is 8.79. The van der Waals surface area contributed by atoms with Gasteiger partial charge < -0.3 is 0 Å². The normalized spacial score (nSPS) is 14.9. The average molecular weight is 660 g/mol. The summed E-state index contributed by atoms with van der Waals surface area (Å²) in [7, 11) is 0. The van der Waals surface area contributed by atoms with Gasteiger partial charge in [-0.15, -0.1) is 11.3 Å². The predicted molar refractivity (Wildman–Crippen MR) is 116 cm³/mol. The monoisotopic (exact) mass is 660 g/mol. The summed E-state index contributed by atoms with van der Waals surface area (Å²) < 4.78 is 215. The topological polar surface area (TPSA) is 42.0 Å². The zero-order chi connectivity index (χ0) is 33.1. The number of thiazole rings is 1. The smallest absolute Gasteiger partial charge is 0.296 e. The summed E-state index contributed by atoms with van der Waals surface area (Å²) in [6.07, 6.45) is -5.94. The Bertz CT molecular complexity index is 1280. The molecule has 0 spiro atoms. The SMILES string of the molecule is CC(C)(C)c1ccc(-c2csc(NC(=O)C(F)(F)C(F)(F)C(F)(F)C(F)(F)C(F)(F)C(F)(F)C(F)(F)C(F)F)n2)cc1. The highest BCUT2D eigenvalue weighted by atomic mass is 32.1. The number of hydrogen-bond acceptors (Lipinski definition) is 3. The molecule has 0 bridgehead atoms. The third-order valence-electron chi connectivity index (χ3n) is 5.72. The van der Waals surface area contributed by atoms with Crippen LogP contribution in [0.15, 0.2) is 29.6 Å². The van der Waals surface area contributed by atoms with Gasteiger partial charge in [0.1, 0.15) is 0 Å². The van der Waals surface area contributed by atoms with Gasteiger partial charge in [-0.05, 0) is 11.0 Å². The number of alkyl halides is 16. The number of anilines is 1. The van der Waals surface area contributed by atoms with Gasteiger partial charge in [0.2, 0.25) is 0 Å². The van der Waals surface area contributed by atoms with E-state index in [1.165, 1.54) is 12.1 Å². The van der Waals surface area contributed by atoms with E-state index in [9.17, 15) is 75.0 Å². The van der Waals surface area contributed by atoms with Crippen LogP contribution in [-0.4, -0.2) is 58.8 Å². The van der Waals surface area contributed by atoms with Crippen LogP contribution in [0.5, 0.6) is 0 Å². The highest BCUT2D eigenvalue weighted by Crippen LogP contribution is 2.62. The van der Waals surface area contributed by atoms with Crippen molar-refractivity contribution < 1.29 is 75.0 Å². The molecule has 1 aromatic heterocycles. The molecule has 238 valence electrons. The molecule has 0 saturated heterocycles. The fourth-order valence-electron chi connectivity index (χ4n) is 3.06. The van der Waals surface area contributed by atoms with Gasteiger partial charge in [0.15, 0.2) is 5.13 Å². The van der Waals surface area contributed by atoms with Crippen molar-refractivity contribution in [1.82, 2.24) is 4.98 Å². The van der Waals surface area contributed by atoms with E-state index in [0.29, 0.717) is 0 Å². The van der Waals surface area contributed by atoms with Gasteiger partial charge in [-0.2, -0.15) is 61.5 Å². The molecule has 2 aromatic rings. The van der Waals surface area contributed by atoms with Crippen molar-refractivity contribution in [2.24, 2.45) is 0 Å². The highest BCUT2D eigenvalue weighted by molar-refractivity contribution is 7.14. The van der Waals surface area contributed by atoms with E-state index in [-0.39, 0.29) is 28.0 Å². The van der Waals surface area contributed by atoms with Crippen LogP contribution >= 0.6 is 11.3 Å². The Morgan fingerprint density at radius 1 is 0.714 bits per heavy atom. The molecule has 0 aliphatic carbocycles. The van der Waals surface area contributed by atoms with Gasteiger partial charge in [-0.1, -0.05) is 45.0 Å². The Morgan fingerprint density at radius 3 is 1.57 bits per heavy atom. The number of benzene rings is 1. The van der Waals surface area contributed by atoms with E-state index in [2.05, 4.69) is 4.98 Å². The second-order valence-corrected chi connectivity index (χ2v) is 10.5. The third-order valence-corrected chi connectivity index (χ3v) is 6.48. The molecule has 42 heavy (non-hydrogen) atoms. The van der Waals surface area contributed by atoms with Crippen LogP contribution in [0.25, 0.3) is 11.3 Å². The second kappa shape index (κ2) is 10.4. The van der Waals surface area contributed by atoms with Crippen LogP contribution in [0, 0.1) is 0 Å². The molecule has 3 nitrogen and oxygen atoms in total. The molecule has 0 radical (unpaired) electrons. The van der Waals surface area contributed by atoms with Gasteiger partial charge in [-0.25, -0.2) is 13.8 Å². The number of amides is 1. The molecule has 0 aliphatic rings. The van der Waals surface area contributed by atoms with E-state index in [4.69, 9.17) is 0 Å². The van der Waals surface area contributed by atoms with E-state index in [0.717, 1.165) is 16.3 Å². The van der Waals surface area contributed by atoms with Crippen LogP contribution in [0.4, 0.5) is 75.4 Å². The highest BCUT2D eigenvalue weighted by Gasteiger charge is 2.94. The Morgan fingerprint density at radius 2 is 1.14 bits per heavy atom. The minimum atomic E-state index is -8.58. The molecular weight excluding hydrogens is 644 g/mol. The van der Waals surface area contributed by atoms with Crippen molar-refractivity contribution in [1.29, 1.82) is 0 Å². The first kappa shape index (κ1) is 35.4. The molecule has 0 fully saturated rings. The predicted octanol–water partition coefficient (Wildman–Crippen LogP) is 8.76. The zero-order valence-corrected chi connectivity index (χ0v) is 21.6. The molecule has 2 rings (SSSR count). The van der Waals surface area contributed by atoms with Gasteiger partial charge in [0.25, 0.3) is 0 Å². The van der Waals surface area contributed by atoms with Crippen molar-refractivity contribution in [2.75, 3.05) is 5.32 Å². The first-order chi connectivity index (χ1) is 18.5. The molecule has 0 saturated carbocycles. The number of nitrogens with zero attached hydrogens (tertiary/aromatic N) is 1. The minimum Gasteiger partial charge on any atom is -0.296 e. The van der Waals surface area contributed by atoms with E-state index in [1.54, 1.807) is 12.1 Å². The lowest BCUT2D eigenvalue weighted by atomic mass is 9.86. The van der Waals surface area contributed by atoms with Gasteiger partial charge in [-0.3, -0.25) is 10.1 Å². The van der Waals surface area contributed by atoms with Crippen molar-refractivity contribution in [3.05, 3.63) is 35.2 Å². The van der Waals surface area contributed by atoms with Crippen LogP contribution in [0.3, 0.4) is 0 Å². The van der Waals surface area contributed by atoms with Crippen molar-refractivity contribution in [2.45, 2.75) is 74.1 Å². The number of halogens is 16. The molecule has 20 heteroatoms. The molecule has 1 amide bonds. The number of carbonyl (C=O) groups is 1. The molecule has 1 aromatic carbocycles. The maximum Gasteiger partial charge on any atom is 0.393 e. The first-order valence-electron chi connectivity index (χ1n) is 10.8. The lowest BCUT2D eigenvalue weighted by Crippen LogP contribution is -2.74. The molecule has 0 aliphatic heterocycles. The van der Waals surface area contributed by atoms with Crippen molar-refractivity contribution in [3.63, 3.8) is 0 Å². The fraction of sp³-hybridized carbons (Fsp3) is 0.545. The van der Waals surface area contributed by atoms with Gasteiger partial charge in [0, 0.05) is 10.9 Å². The lowest BCUT2D eigenvalue weighted by molar-refractivity contribution is -0.443. The third kappa shape index (κ3) is 5.27. The molecule has 1 heterocycles. The van der Waals surface area contributed by atoms with E-state index >= 15 is 0 Å². The molecular formula is C22H16F16N2OS. The first-order valence-corrected chi connectivity index (χ1v) is 11.7. The summed E-state index contributed by atoms with van der Waals surface area (Å²) >= 11 is 0.205. The molecule has 0 unspecified atom stereocenters. The summed E-state index contributed by atoms with van der Waals surface area (Å²) in [4.78, 5) is 15.3. The summed E-state index contributed by atoms with van der Waals surface area (Å²) in [5.74, 6) is -60.0. The lowest BCUT2D eigenvalue weighted by Gasteiger charge is -2.42. The van der Waals surface area contributed by atoms with E-state index in [1.807, 2.05) is 20.8 Å². The Labute approximate surface area is 228 Å². The van der Waals surface area contributed by atoms with Gasteiger partial charge >= 0.3 is 53.8 Å². The zero-order valence-electron chi connectivity index (χ0n) is 20.8. The Hall–Kier alpha value is -2.80. The quantitative estimate of drug-likeness (QED) is 0.259. The standard InChI is InChI=1S/C22H16F16N2OS/c1-15(2,3)10-6-4-9(5-7-10)11-8-42-14(39-11)40-13(41)17(27,28)19(31,32)21(35,36)22(37,38)20(33,34)18(29,30)16(25,26)12(23)24/h4-8,12H,1-3H3,(H,39,40,41). The largest absolute Gasteiger partial charge is 0.393 e. The summed E-state index contributed by atoms with van der Waals surface area (Å²) in [5, 5.41) is 0.824. The number of rotatable bonds is 10. The van der Waals surface area contributed by atoms with Crippen LogP contribution < -0.4 is 5.32 Å². The number of aromatic nitrogens is 1. The summed E-state index contributed by atoms with van der Waals surface area (Å²) in [6, 6.07) is 6.08. The fourth-order valence-corrected chi connectivity index (χ4v) is 3.77. The maximum atomic E-state index is 14.1.